The molecule has 0 unspecified atom stereocenters. The Labute approximate surface area is 202 Å². The van der Waals surface area contributed by atoms with Crippen LogP contribution in [0, 0.1) is 0 Å². The van der Waals surface area contributed by atoms with E-state index in [9.17, 15) is 0 Å². The molecule has 34 heavy (non-hydrogen) atoms. The van der Waals surface area contributed by atoms with E-state index in [-0.39, 0.29) is 0 Å². The molecule has 1 aliphatic rings. The number of hydrogen-bond acceptors (Lipinski definition) is 7. The van der Waals surface area contributed by atoms with E-state index in [4.69, 9.17) is 10.8 Å². The quantitative estimate of drug-likeness (QED) is 0.389. The summed E-state index contributed by atoms with van der Waals surface area (Å²) in [4.78, 5) is 10.5. The molecule has 0 spiro atoms. The molecular weight excluding hydrogens is 442 g/mol. The third-order valence-electron chi connectivity index (χ3n) is 6.39. The number of aromatic nitrogens is 3. The van der Waals surface area contributed by atoms with Crippen LogP contribution in [0.1, 0.15) is 5.56 Å². The highest BCUT2D eigenvalue weighted by Crippen LogP contribution is 2.36. The number of thiophene rings is 1. The summed E-state index contributed by atoms with van der Waals surface area (Å²) in [5.41, 5.74) is 10.2. The number of piperazine rings is 1. The Morgan fingerprint density at radius 1 is 0.971 bits per heavy atom. The number of hydrogen-bond donors (Lipinski definition) is 2. The smallest absolute Gasteiger partial charge is 0.156 e. The summed E-state index contributed by atoms with van der Waals surface area (Å²) < 4.78 is 3.06. The number of rotatable bonds is 5. The van der Waals surface area contributed by atoms with E-state index < -0.39 is 0 Å². The minimum Gasteiger partial charge on any atom is -0.382 e. The molecule has 172 valence electrons. The van der Waals surface area contributed by atoms with E-state index in [1.807, 2.05) is 22.7 Å². The van der Waals surface area contributed by atoms with Crippen LogP contribution in [-0.4, -0.2) is 57.6 Å². The van der Waals surface area contributed by atoms with Gasteiger partial charge in [0.1, 0.15) is 5.69 Å². The molecule has 0 saturated carbocycles. The fourth-order valence-electron chi connectivity index (χ4n) is 4.45. The fourth-order valence-corrected chi connectivity index (χ4v) is 5.55. The molecule has 4 heterocycles. The molecular formula is C26H27N7S. The number of nitrogens with one attached hydrogen (secondary N) is 1. The van der Waals surface area contributed by atoms with Crippen LogP contribution in [0.5, 0.6) is 0 Å². The highest BCUT2D eigenvalue weighted by Gasteiger charge is 2.17. The SMILES string of the molecule is CN1CCN(Cc2ccc(Nc3ccc4nc(N)c(-c5cc6ccccc6s5)n4n3)cc2)CC1. The van der Waals surface area contributed by atoms with Crippen LogP contribution >= 0.6 is 11.3 Å². The minimum absolute atomic E-state index is 0.490. The molecule has 0 radical (unpaired) electrons. The summed E-state index contributed by atoms with van der Waals surface area (Å²) in [6.07, 6.45) is 0. The van der Waals surface area contributed by atoms with Gasteiger partial charge < -0.3 is 16.0 Å². The monoisotopic (exact) mass is 469 g/mol. The van der Waals surface area contributed by atoms with E-state index in [0.717, 1.165) is 60.4 Å². The number of benzene rings is 2. The summed E-state index contributed by atoms with van der Waals surface area (Å²) in [6.45, 7) is 5.50. The number of nitrogen functional groups attached to an aromatic ring is 1. The van der Waals surface area contributed by atoms with E-state index in [1.165, 1.54) is 15.6 Å². The summed E-state index contributed by atoms with van der Waals surface area (Å²) in [5, 5.41) is 9.44. The highest BCUT2D eigenvalue weighted by molar-refractivity contribution is 7.22. The lowest BCUT2D eigenvalue weighted by Gasteiger charge is -2.32. The largest absolute Gasteiger partial charge is 0.382 e. The van der Waals surface area contributed by atoms with Gasteiger partial charge in [-0.25, -0.2) is 9.50 Å². The van der Waals surface area contributed by atoms with Crippen molar-refractivity contribution in [2.45, 2.75) is 6.54 Å². The highest BCUT2D eigenvalue weighted by atomic mass is 32.1. The maximum atomic E-state index is 6.32. The number of nitrogens with zero attached hydrogens (tertiary/aromatic N) is 5. The van der Waals surface area contributed by atoms with Crippen molar-refractivity contribution in [3.8, 4) is 10.6 Å². The van der Waals surface area contributed by atoms with E-state index in [1.54, 1.807) is 11.3 Å². The van der Waals surface area contributed by atoms with Crippen LogP contribution in [0.15, 0.2) is 66.7 Å². The summed E-state index contributed by atoms with van der Waals surface area (Å²) in [5.74, 6) is 1.24. The van der Waals surface area contributed by atoms with Crippen molar-refractivity contribution in [1.82, 2.24) is 24.4 Å². The van der Waals surface area contributed by atoms with Crippen molar-refractivity contribution in [2.75, 3.05) is 44.3 Å². The van der Waals surface area contributed by atoms with Gasteiger partial charge in [0.25, 0.3) is 0 Å². The number of anilines is 3. The first-order chi connectivity index (χ1) is 16.6. The Morgan fingerprint density at radius 3 is 2.56 bits per heavy atom. The second-order valence-electron chi connectivity index (χ2n) is 8.88. The molecule has 1 fully saturated rings. The first-order valence-electron chi connectivity index (χ1n) is 11.5. The molecule has 0 atom stereocenters. The molecule has 8 heteroatoms. The topological polar surface area (TPSA) is 74.7 Å². The Kier molecular flexibility index (Phi) is 5.41. The number of fused-ring (bicyclic) bond motifs is 2. The molecule has 1 aliphatic heterocycles. The summed E-state index contributed by atoms with van der Waals surface area (Å²) in [7, 11) is 2.19. The standard InChI is InChI=1S/C26H27N7S/c1-31-12-14-32(15-13-31)17-18-6-8-20(9-7-18)28-23-10-11-24-29-26(27)25(33(24)30-23)22-16-19-4-2-3-5-21(19)34-22/h2-11,16H,12-15,17,27H2,1H3,(H,28,30). The van der Waals surface area contributed by atoms with E-state index >= 15 is 0 Å². The lowest BCUT2D eigenvalue weighted by Crippen LogP contribution is -2.43. The molecule has 0 bridgehead atoms. The first-order valence-corrected chi connectivity index (χ1v) is 12.4. The first kappa shape index (κ1) is 21.1. The molecule has 0 aliphatic carbocycles. The molecule has 7 nitrogen and oxygen atoms in total. The Balaban J connectivity index is 1.23. The molecule has 3 N–H and O–H groups in total. The van der Waals surface area contributed by atoms with Gasteiger partial charge in [-0.1, -0.05) is 30.3 Å². The normalized spacial score (nSPS) is 15.3. The Bertz CT molecular complexity index is 1410. The van der Waals surface area contributed by atoms with Crippen LogP contribution in [-0.2, 0) is 6.54 Å². The van der Waals surface area contributed by atoms with Crippen LogP contribution in [0.25, 0.3) is 26.3 Å². The Hall–Kier alpha value is -3.46. The van der Waals surface area contributed by atoms with Crippen LogP contribution < -0.4 is 11.1 Å². The van der Waals surface area contributed by atoms with Crippen molar-refractivity contribution >= 4 is 44.4 Å². The van der Waals surface area contributed by atoms with Crippen molar-refractivity contribution in [2.24, 2.45) is 0 Å². The van der Waals surface area contributed by atoms with Crippen molar-refractivity contribution < 1.29 is 0 Å². The zero-order valence-electron chi connectivity index (χ0n) is 19.1. The van der Waals surface area contributed by atoms with Gasteiger partial charge in [-0.2, -0.15) is 0 Å². The van der Waals surface area contributed by atoms with Gasteiger partial charge in [0.05, 0.1) is 4.88 Å². The number of likely N-dealkylation sites (N-methyl/N-ethyl adjacent to an activating group) is 1. The van der Waals surface area contributed by atoms with Gasteiger partial charge in [0.15, 0.2) is 17.3 Å². The third kappa shape index (κ3) is 4.11. The van der Waals surface area contributed by atoms with Gasteiger partial charge in [-0.05, 0) is 54.4 Å². The summed E-state index contributed by atoms with van der Waals surface area (Å²) in [6, 6.07) is 23.0. The molecule has 2 aromatic carbocycles. The van der Waals surface area contributed by atoms with Gasteiger partial charge in [0, 0.05) is 43.1 Å². The molecule has 0 amide bonds. The lowest BCUT2D eigenvalue weighted by molar-refractivity contribution is 0.148. The zero-order chi connectivity index (χ0) is 23.1. The van der Waals surface area contributed by atoms with Crippen molar-refractivity contribution in [3.63, 3.8) is 0 Å². The molecule has 3 aromatic heterocycles. The minimum atomic E-state index is 0.490. The second kappa shape index (κ2) is 8.72. The van der Waals surface area contributed by atoms with Gasteiger partial charge >= 0.3 is 0 Å². The number of imidazole rings is 1. The van der Waals surface area contributed by atoms with Gasteiger partial charge in [-0.15, -0.1) is 16.4 Å². The van der Waals surface area contributed by atoms with E-state index in [0.29, 0.717) is 5.82 Å². The molecule has 5 aromatic rings. The van der Waals surface area contributed by atoms with Crippen LogP contribution in [0.2, 0.25) is 0 Å². The Morgan fingerprint density at radius 2 is 1.76 bits per heavy atom. The molecule has 6 rings (SSSR count). The molecule has 1 saturated heterocycles. The second-order valence-corrected chi connectivity index (χ2v) is 9.97. The predicted octanol–water partition coefficient (Wildman–Crippen LogP) is 4.68. The zero-order valence-corrected chi connectivity index (χ0v) is 19.9. The average molecular weight is 470 g/mol. The van der Waals surface area contributed by atoms with Crippen molar-refractivity contribution in [3.05, 3.63) is 72.3 Å². The van der Waals surface area contributed by atoms with Crippen LogP contribution in [0.4, 0.5) is 17.3 Å². The van der Waals surface area contributed by atoms with Crippen molar-refractivity contribution in [1.29, 1.82) is 0 Å². The van der Waals surface area contributed by atoms with E-state index in [2.05, 4.69) is 75.7 Å². The maximum Gasteiger partial charge on any atom is 0.156 e. The van der Waals surface area contributed by atoms with Crippen LogP contribution in [0.3, 0.4) is 0 Å². The lowest BCUT2D eigenvalue weighted by atomic mass is 10.2. The third-order valence-corrected chi connectivity index (χ3v) is 7.51. The van der Waals surface area contributed by atoms with Gasteiger partial charge in [-0.3, -0.25) is 4.90 Å². The summed E-state index contributed by atoms with van der Waals surface area (Å²) >= 11 is 1.70. The average Bonchev–Trinajstić information content (AvgIpc) is 3.41. The predicted molar refractivity (Wildman–Crippen MR) is 141 cm³/mol. The van der Waals surface area contributed by atoms with Gasteiger partial charge in [0.2, 0.25) is 0 Å². The maximum absolute atomic E-state index is 6.32. The fraction of sp³-hybridized carbons (Fsp3) is 0.231. The number of nitrogens with two attached hydrogens (primary N) is 1.